The van der Waals surface area contributed by atoms with Crippen LogP contribution in [-0.4, -0.2) is 27.2 Å². The summed E-state index contributed by atoms with van der Waals surface area (Å²) in [5.41, 5.74) is 1.36. The molecule has 0 bridgehead atoms. The van der Waals surface area contributed by atoms with Crippen molar-refractivity contribution in [1.82, 2.24) is 4.90 Å². The van der Waals surface area contributed by atoms with Gasteiger partial charge in [0.05, 0.1) is 23.5 Å². The van der Waals surface area contributed by atoms with E-state index in [0.717, 1.165) is 5.56 Å². The lowest BCUT2D eigenvalue weighted by Crippen LogP contribution is -2.27. The van der Waals surface area contributed by atoms with Gasteiger partial charge in [0.2, 0.25) is 0 Å². The molecule has 0 atom stereocenters. The van der Waals surface area contributed by atoms with Gasteiger partial charge in [0.25, 0.3) is 11.6 Å². The molecule has 2 aromatic rings. The summed E-state index contributed by atoms with van der Waals surface area (Å²) in [5.74, 6) is 0.223. The van der Waals surface area contributed by atoms with Crippen molar-refractivity contribution in [3.63, 3.8) is 0 Å². The van der Waals surface area contributed by atoms with Crippen molar-refractivity contribution in [1.29, 1.82) is 0 Å². The molecule has 0 aliphatic carbocycles. The van der Waals surface area contributed by atoms with E-state index in [9.17, 15) is 14.9 Å². The van der Waals surface area contributed by atoms with Crippen LogP contribution >= 0.6 is 24.0 Å². The number of methoxy groups -OCH3 is 1. The van der Waals surface area contributed by atoms with Gasteiger partial charge in [-0.15, -0.1) is 0 Å². The summed E-state index contributed by atoms with van der Waals surface area (Å²) in [7, 11) is 1.47. The number of thiocarbonyl (C=S) groups is 1. The van der Waals surface area contributed by atoms with E-state index in [1.807, 2.05) is 30.3 Å². The van der Waals surface area contributed by atoms with Crippen molar-refractivity contribution < 1.29 is 14.5 Å². The predicted octanol–water partition coefficient (Wildman–Crippen LogP) is 4.00. The summed E-state index contributed by atoms with van der Waals surface area (Å²) < 4.78 is 5.69. The highest BCUT2D eigenvalue weighted by Crippen LogP contribution is 2.36. The Morgan fingerprint density at radius 2 is 2.00 bits per heavy atom. The van der Waals surface area contributed by atoms with Gasteiger partial charge in [-0.1, -0.05) is 54.3 Å². The highest BCUT2D eigenvalue weighted by molar-refractivity contribution is 8.26. The van der Waals surface area contributed by atoms with Crippen LogP contribution in [0, 0.1) is 10.1 Å². The van der Waals surface area contributed by atoms with E-state index >= 15 is 0 Å². The molecule has 1 amide bonds. The lowest BCUT2D eigenvalue weighted by molar-refractivity contribution is -0.384. The summed E-state index contributed by atoms with van der Waals surface area (Å²) in [6.45, 7) is 0.384. The Balaban J connectivity index is 1.90. The van der Waals surface area contributed by atoms with E-state index in [1.165, 1.54) is 42.0 Å². The summed E-state index contributed by atoms with van der Waals surface area (Å²) >= 11 is 6.50. The molecule has 0 saturated carbocycles. The van der Waals surface area contributed by atoms with Crippen LogP contribution in [0.3, 0.4) is 0 Å². The standard InChI is InChI=1S/C18H14N2O4S2/c1-24-15-8-7-14(20(22)23)9-13(15)10-16-17(21)19(18(25)26-16)11-12-5-3-2-4-6-12/h2-10H,11H2,1H3/b16-10+. The Bertz CT molecular complexity index is 913. The van der Waals surface area contributed by atoms with Gasteiger partial charge in [0.15, 0.2) is 0 Å². The minimum absolute atomic E-state index is 0.0724. The smallest absolute Gasteiger partial charge is 0.270 e. The zero-order chi connectivity index (χ0) is 18.7. The van der Waals surface area contributed by atoms with Gasteiger partial charge in [0.1, 0.15) is 10.1 Å². The average molecular weight is 386 g/mol. The summed E-state index contributed by atoms with van der Waals surface area (Å²) in [5, 5.41) is 11.0. The molecule has 1 aliphatic heterocycles. The van der Waals surface area contributed by atoms with Crippen LogP contribution in [0.25, 0.3) is 6.08 Å². The number of nitro benzene ring substituents is 1. The molecular weight excluding hydrogens is 372 g/mol. The second kappa shape index (κ2) is 7.67. The van der Waals surface area contributed by atoms with E-state index in [-0.39, 0.29) is 11.6 Å². The maximum Gasteiger partial charge on any atom is 0.270 e. The third-order valence-corrected chi connectivity index (χ3v) is 5.15. The molecule has 1 heterocycles. The molecule has 1 fully saturated rings. The van der Waals surface area contributed by atoms with Crippen molar-refractivity contribution in [3.8, 4) is 5.75 Å². The average Bonchev–Trinajstić information content (AvgIpc) is 2.90. The van der Waals surface area contributed by atoms with E-state index in [1.54, 1.807) is 6.08 Å². The number of thioether (sulfide) groups is 1. The number of benzene rings is 2. The number of nitro groups is 1. The first-order valence-electron chi connectivity index (χ1n) is 7.61. The van der Waals surface area contributed by atoms with Crippen LogP contribution < -0.4 is 4.74 Å². The first kappa shape index (κ1) is 18.1. The molecule has 26 heavy (non-hydrogen) atoms. The summed E-state index contributed by atoms with van der Waals surface area (Å²) in [6, 6.07) is 13.8. The van der Waals surface area contributed by atoms with E-state index < -0.39 is 4.92 Å². The SMILES string of the molecule is COc1ccc([N+](=O)[O-])cc1/C=C1/SC(=S)N(Cc2ccccc2)C1=O. The van der Waals surface area contributed by atoms with Gasteiger partial charge in [0, 0.05) is 17.7 Å². The maximum absolute atomic E-state index is 12.7. The van der Waals surface area contributed by atoms with Crippen molar-refractivity contribution in [2.45, 2.75) is 6.54 Å². The third kappa shape index (κ3) is 3.76. The van der Waals surface area contributed by atoms with Crippen LogP contribution in [0.4, 0.5) is 5.69 Å². The number of amides is 1. The minimum atomic E-state index is -0.489. The van der Waals surface area contributed by atoms with Crippen LogP contribution in [0.15, 0.2) is 53.4 Å². The van der Waals surface area contributed by atoms with Gasteiger partial charge in [-0.2, -0.15) is 0 Å². The molecule has 0 N–H and O–H groups in total. The molecule has 0 spiro atoms. The Kier molecular flexibility index (Phi) is 5.34. The molecular formula is C18H14N2O4S2. The number of nitrogens with zero attached hydrogens (tertiary/aromatic N) is 2. The van der Waals surface area contributed by atoms with E-state index in [4.69, 9.17) is 17.0 Å². The Morgan fingerprint density at radius 1 is 1.27 bits per heavy atom. The first-order valence-corrected chi connectivity index (χ1v) is 8.84. The zero-order valence-electron chi connectivity index (χ0n) is 13.7. The van der Waals surface area contributed by atoms with Crippen molar-refractivity contribution in [2.75, 3.05) is 7.11 Å². The summed E-state index contributed by atoms with van der Waals surface area (Å²) in [4.78, 5) is 25.2. The topological polar surface area (TPSA) is 72.7 Å². The fraction of sp³-hybridized carbons (Fsp3) is 0.111. The van der Waals surface area contributed by atoms with E-state index in [2.05, 4.69) is 0 Å². The number of hydrogen-bond donors (Lipinski definition) is 0. The molecule has 8 heteroatoms. The molecule has 0 radical (unpaired) electrons. The molecule has 0 aromatic heterocycles. The number of rotatable bonds is 5. The molecule has 3 rings (SSSR count). The van der Waals surface area contributed by atoms with Gasteiger partial charge in [-0.05, 0) is 17.7 Å². The van der Waals surface area contributed by atoms with Crippen molar-refractivity contribution in [2.24, 2.45) is 0 Å². The quantitative estimate of drug-likeness (QED) is 0.335. The number of hydrogen-bond acceptors (Lipinski definition) is 6. The number of carbonyl (C=O) groups is 1. The molecule has 1 aliphatic rings. The molecule has 1 saturated heterocycles. The lowest BCUT2D eigenvalue weighted by atomic mass is 10.1. The maximum atomic E-state index is 12.7. The Morgan fingerprint density at radius 3 is 2.65 bits per heavy atom. The number of non-ortho nitro benzene ring substituents is 1. The molecule has 6 nitrogen and oxygen atoms in total. The fourth-order valence-corrected chi connectivity index (χ4v) is 3.74. The van der Waals surface area contributed by atoms with Gasteiger partial charge in [-0.25, -0.2) is 0 Å². The summed E-state index contributed by atoms with van der Waals surface area (Å²) in [6.07, 6.45) is 1.58. The van der Waals surface area contributed by atoms with Gasteiger partial charge >= 0.3 is 0 Å². The van der Waals surface area contributed by atoms with Crippen molar-refractivity contribution >= 4 is 46.0 Å². The second-order valence-electron chi connectivity index (χ2n) is 5.44. The second-order valence-corrected chi connectivity index (χ2v) is 7.11. The van der Waals surface area contributed by atoms with Crippen LogP contribution in [0.5, 0.6) is 5.75 Å². The van der Waals surface area contributed by atoms with E-state index in [0.29, 0.717) is 27.1 Å². The Labute approximate surface area is 159 Å². The van der Waals surface area contributed by atoms with Gasteiger partial charge in [-0.3, -0.25) is 19.8 Å². The highest BCUT2D eigenvalue weighted by atomic mass is 32.2. The minimum Gasteiger partial charge on any atom is -0.496 e. The normalized spacial score (nSPS) is 15.6. The Hall–Kier alpha value is -2.71. The van der Waals surface area contributed by atoms with Gasteiger partial charge < -0.3 is 4.74 Å². The lowest BCUT2D eigenvalue weighted by Gasteiger charge is -2.14. The predicted molar refractivity (Wildman–Crippen MR) is 105 cm³/mol. The monoisotopic (exact) mass is 386 g/mol. The van der Waals surface area contributed by atoms with Crippen LogP contribution in [-0.2, 0) is 11.3 Å². The van der Waals surface area contributed by atoms with Crippen LogP contribution in [0.1, 0.15) is 11.1 Å². The molecule has 2 aromatic carbocycles. The van der Waals surface area contributed by atoms with Crippen LogP contribution in [0.2, 0.25) is 0 Å². The third-order valence-electron chi connectivity index (χ3n) is 3.77. The first-order chi connectivity index (χ1) is 12.5. The fourth-order valence-electron chi connectivity index (χ4n) is 2.49. The largest absolute Gasteiger partial charge is 0.496 e. The number of ether oxygens (including phenoxy) is 1. The zero-order valence-corrected chi connectivity index (χ0v) is 15.4. The van der Waals surface area contributed by atoms with Crippen molar-refractivity contribution in [3.05, 3.63) is 74.7 Å². The molecule has 132 valence electrons. The molecule has 0 unspecified atom stereocenters. The number of carbonyl (C=O) groups excluding carboxylic acids is 1. The highest BCUT2D eigenvalue weighted by Gasteiger charge is 2.32.